The van der Waals surface area contributed by atoms with E-state index in [9.17, 15) is 9.59 Å². The molecular weight excluding hydrogens is 316 g/mol. The summed E-state index contributed by atoms with van der Waals surface area (Å²) < 4.78 is 5.81. The highest BCUT2D eigenvalue weighted by Gasteiger charge is 2.13. The van der Waals surface area contributed by atoms with Crippen molar-refractivity contribution in [2.24, 2.45) is 0 Å². The summed E-state index contributed by atoms with van der Waals surface area (Å²) in [6.07, 6.45) is 0. The van der Waals surface area contributed by atoms with Gasteiger partial charge in [-0.3, -0.25) is 9.59 Å². The monoisotopic (exact) mass is 328 g/mol. The number of methoxy groups -OCH3 is 1. The van der Waals surface area contributed by atoms with Crippen LogP contribution in [0.4, 0.5) is 5.13 Å². The van der Waals surface area contributed by atoms with Crippen molar-refractivity contribution in [3.8, 4) is 0 Å². The van der Waals surface area contributed by atoms with Gasteiger partial charge in [-0.1, -0.05) is 11.8 Å². The highest BCUT2D eigenvalue weighted by Crippen LogP contribution is 2.17. The molecule has 0 aliphatic heterocycles. The number of carbonyl (C=O) groups excluding carboxylic acids is 2. The Bertz CT molecular complexity index is 640. The molecule has 0 unspecified atom stereocenters. The summed E-state index contributed by atoms with van der Waals surface area (Å²) >= 11 is 2.48. The molecule has 9 nitrogen and oxygen atoms in total. The molecule has 0 atom stereocenters. The van der Waals surface area contributed by atoms with Crippen LogP contribution in [0, 0.1) is 6.92 Å². The molecule has 2 aromatic heterocycles. The molecule has 0 fully saturated rings. The van der Waals surface area contributed by atoms with Gasteiger partial charge in [-0.05, 0) is 17.4 Å². The van der Waals surface area contributed by atoms with Crippen molar-refractivity contribution in [3.63, 3.8) is 0 Å². The number of carbonyl (C=O) groups is 2. The standard InChI is InChI=1S/C10H12N6O3S2/c1-6-4-20-9(11-6)12-7(17)5-21-10-13-14-15-16(10)3-8(18)19-2/h4H,3,5H2,1-2H3,(H,11,12,17). The molecule has 2 aromatic rings. The SMILES string of the molecule is COC(=O)Cn1nnnc1SCC(=O)Nc1nc(C)cs1. The third kappa shape index (κ3) is 4.49. The zero-order chi connectivity index (χ0) is 15.2. The zero-order valence-electron chi connectivity index (χ0n) is 11.3. The molecule has 0 saturated heterocycles. The quantitative estimate of drug-likeness (QED) is 0.597. The highest BCUT2D eigenvalue weighted by atomic mass is 32.2. The van der Waals surface area contributed by atoms with Crippen molar-refractivity contribution < 1.29 is 14.3 Å². The first-order chi connectivity index (χ1) is 10.1. The molecule has 1 amide bonds. The minimum absolute atomic E-state index is 0.0981. The summed E-state index contributed by atoms with van der Waals surface area (Å²) in [6, 6.07) is 0. The number of aromatic nitrogens is 5. The summed E-state index contributed by atoms with van der Waals surface area (Å²) in [6.45, 7) is 1.75. The van der Waals surface area contributed by atoms with Crippen LogP contribution in [0.3, 0.4) is 0 Å². The number of esters is 1. The van der Waals surface area contributed by atoms with E-state index in [1.807, 2.05) is 12.3 Å². The number of thiazole rings is 1. The number of nitrogens with one attached hydrogen (secondary N) is 1. The predicted molar refractivity (Wildman–Crippen MR) is 76.0 cm³/mol. The molecule has 2 rings (SSSR count). The van der Waals surface area contributed by atoms with Gasteiger partial charge in [0.1, 0.15) is 6.54 Å². The fraction of sp³-hybridized carbons (Fsp3) is 0.400. The van der Waals surface area contributed by atoms with Crippen molar-refractivity contribution in [1.29, 1.82) is 0 Å². The summed E-state index contributed by atoms with van der Waals surface area (Å²) in [7, 11) is 1.28. The molecule has 1 N–H and O–H groups in total. The lowest BCUT2D eigenvalue weighted by atomic mass is 10.6. The second-order valence-corrected chi connectivity index (χ2v) is 5.63. The molecular formula is C10H12N6O3S2. The van der Waals surface area contributed by atoms with Crippen LogP contribution in [0.25, 0.3) is 0 Å². The Morgan fingerprint density at radius 3 is 3.00 bits per heavy atom. The average molecular weight is 328 g/mol. The molecule has 0 aliphatic rings. The van der Waals surface area contributed by atoms with Gasteiger partial charge in [0, 0.05) is 5.38 Å². The summed E-state index contributed by atoms with van der Waals surface area (Å²) in [5.41, 5.74) is 0.852. The lowest BCUT2D eigenvalue weighted by molar-refractivity contribution is -0.141. The van der Waals surface area contributed by atoms with Crippen LogP contribution in [0.5, 0.6) is 0 Å². The lowest BCUT2D eigenvalue weighted by Crippen LogP contribution is -2.16. The summed E-state index contributed by atoms with van der Waals surface area (Å²) in [5.74, 6) is -0.575. The first kappa shape index (κ1) is 15.4. The van der Waals surface area contributed by atoms with Crippen LogP contribution >= 0.6 is 23.1 Å². The fourth-order valence-electron chi connectivity index (χ4n) is 1.28. The maximum Gasteiger partial charge on any atom is 0.327 e. The van der Waals surface area contributed by atoms with Crippen LogP contribution in [-0.2, 0) is 20.9 Å². The number of thioether (sulfide) groups is 1. The van der Waals surface area contributed by atoms with E-state index in [4.69, 9.17) is 0 Å². The van der Waals surface area contributed by atoms with Gasteiger partial charge in [-0.25, -0.2) is 9.67 Å². The van der Waals surface area contributed by atoms with E-state index in [0.29, 0.717) is 10.3 Å². The molecule has 0 radical (unpaired) electrons. The Hall–Kier alpha value is -2.01. The average Bonchev–Trinajstić information content (AvgIpc) is 3.05. The Balaban J connectivity index is 1.86. The number of nitrogens with zero attached hydrogens (tertiary/aromatic N) is 5. The number of rotatable bonds is 6. The second kappa shape index (κ2) is 7.13. The minimum atomic E-state index is -0.466. The second-order valence-electron chi connectivity index (χ2n) is 3.83. The van der Waals surface area contributed by atoms with Gasteiger partial charge in [0.25, 0.3) is 0 Å². The van der Waals surface area contributed by atoms with Gasteiger partial charge in [0.2, 0.25) is 11.1 Å². The minimum Gasteiger partial charge on any atom is -0.468 e. The van der Waals surface area contributed by atoms with Crippen LogP contribution in [0.1, 0.15) is 5.69 Å². The normalized spacial score (nSPS) is 10.4. The van der Waals surface area contributed by atoms with Crippen molar-refractivity contribution in [2.75, 3.05) is 18.2 Å². The van der Waals surface area contributed by atoms with E-state index in [1.54, 1.807) is 0 Å². The highest BCUT2D eigenvalue weighted by molar-refractivity contribution is 7.99. The maximum atomic E-state index is 11.8. The van der Waals surface area contributed by atoms with Crippen LogP contribution in [0.15, 0.2) is 10.5 Å². The van der Waals surface area contributed by atoms with Gasteiger partial charge in [0.15, 0.2) is 5.13 Å². The number of tetrazole rings is 1. The number of ether oxygens (including phenoxy) is 1. The Labute approximate surface area is 128 Å². The molecule has 2 heterocycles. The number of hydrogen-bond acceptors (Lipinski definition) is 9. The molecule has 21 heavy (non-hydrogen) atoms. The molecule has 11 heteroatoms. The molecule has 112 valence electrons. The zero-order valence-corrected chi connectivity index (χ0v) is 12.9. The molecule has 0 spiro atoms. The summed E-state index contributed by atoms with van der Waals surface area (Å²) in [4.78, 5) is 27.1. The molecule has 0 saturated carbocycles. The number of hydrogen-bond donors (Lipinski definition) is 1. The van der Waals surface area contributed by atoms with Crippen LogP contribution in [0.2, 0.25) is 0 Å². The van der Waals surface area contributed by atoms with Gasteiger partial charge < -0.3 is 10.1 Å². The Kier molecular flexibility index (Phi) is 5.22. The fourth-order valence-corrected chi connectivity index (χ4v) is 2.66. The number of amides is 1. The van der Waals surface area contributed by atoms with E-state index >= 15 is 0 Å². The topological polar surface area (TPSA) is 112 Å². The van der Waals surface area contributed by atoms with Gasteiger partial charge in [-0.2, -0.15) is 0 Å². The largest absolute Gasteiger partial charge is 0.468 e. The third-order valence-electron chi connectivity index (χ3n) is 2.20. The smallest absolute Gasteiger partial charge is 0.327 e. The Morgan fingerprint density at radius 1 is 1.52 bits per heavy atom. The van der Waals surface area contributed by atoms with Crippen LogP contribution in [-0.4, -0.2) is 49.9 Å². The van der Waals surface area contributed by atoms with Crippen molar-refractivity contribution in [1.82, 2.24) is 25.2 Å². The van der Waals surface area contributed by atoms with Gasteiger partial charge in [0.05, 0.1) is 18.6 Å². The van der Waals surface area contributed by atoms with E-state index in [2.05, 4.69) is 30.6 Å². The molecule has 0 aliphatic carbocycles. The van der Waals surface area contributed by atoms with Gasteiger partial charge in [-0.15, -0.1) is 16.4 Å². The number of aryl methyl sites for hydroxylation is 1. The molecule has 0 aromatic carbocycles. The van der Waals surface area contributed by atoms with E-state index in [-0.39, 0.29) is 18.2 Å². The third-order valence-corrected chi connectivity index (χ3v) is 4.04. The first-order valence-corrected chi connectivity index (χ1v) is 7.62. The van der Waals surface area contributed by atoms with Gasteiger partial charge >= 0.3 is 5.97 Å². The lowest BCUT2D eigenvalue weighted by Gasteiger charge is -2.03. The van der Waals surface area contributed by atoms with Crippen LogP contribution < -0.4 is 5.32 Å². The summed E-state index contributed by atoms with van der Waals surface area (Å²) in [5, 5.41) is 16.3. The van der Waals surface area contributed by atoms with Crippen molar-refractivity contribution in [2.45, 2.75) is 18.6 Å². The van der Waals surface area contributed by atoms with Crippen molar-refractivity contribution in [3.05, 3.63) is 11.1 Å². The van der Waals surface area contributed by atoms with Crippen molar-refractivity contribution >= 4 is 40.1 Å². The Morgan fingerprint density at radius 2 is 2.33 bits per heavy atom. The van der Waals surface area contributed by atoms with E-state index in [0.717, 1.165) is 17.5 Å². The van der Waals surface area contributed by atoms with E-state index < -0.39 is 5.97 Å². The maximum absolute atomic E-state index is 11.8. The first-order valence-electron chi connectivity index (χ1n) is 5.76. The van der Waals surface area contributed by atoms with E-state index in [1.165, 1.54) is 23.1 Å². The number of anilines is 1. The molecule has 0 bridgehead atoms. The predicted octanol–water partition coefficient (Wildman–Crippen LogP) is 0.342.